The fourth-order valence-electron chi connectivity index (χ4n) is 3.08. The Balaban J connectivity index is 1.73. The topological polar surface area (TPSA) is 72.3 Å². The van der Waals surface area contributed by atoms with Gasteiger partial charge in [-0.1, -0.05) is 48.5 Å². The molecule has 5 nitrogen and oxygen atoms in total. The summed E-state index contributed by atoms with van der Waals surface area (Å²) >= 11 is 0. The van der Waals surface area contributed by atoms with E-state index < -0.39 is 12.1 Å². The fraction of sp³-hybridized carbons (Fsp3) is 0.0909. The number of Topliss-reactive ketones (excluding diaryl/α,β-unsaturated/α-hetero) is 1. The Kier molecular flexibility index (Phi) is 4.34. The molecule has 0 radical (unpaired) electrons. The molecule has 0 aliphatic heterocycles. The number of esters is 1. The number of furan rings is 1. The summed E-state index contributed by atoms with van der Waals surface area (Å²) in [5, 5.41) is 0.791. The molecule has 134 valence electrons. The number of nitrogens with one attached hydrogen (secondary N) is 1. The average Bonchev–Trinajstić information content (AvgIpc) is 3.32. The number of ketones is 1. The summed E-state index contributed by atoms with van der Waals surface area (Å²) < 4.78 is 10.8. The minimum absolute atomic E-state index is 0.284. The molecule has 0 bridgehead atoms. The predicted molar refractivity (Wildman–Crippen MR) is 101 cm³/mol. The molecule has 2 aromatic heterocycles. The number of hydrogen-bond acceptors (Lipinski definition) is 4. The lowest BCUT2D eigenvalue weighted by Crippen LogP contribution is -2.20. The van der Waals surface area contributed by atoms with E-state index in [1.165, 1.54) is 12.3 Å². The van der Waals surface area contributed by atoms with Crippen LogP contribution in [0.3, 0.4) is 0 Å². The summed E-state index contributed by atoms with van der Waals surface area (Å²) in [5.41, 5.74) is 2.26. The Labute approximate surface area is 155 Å². The highest BCUT2D eigenvalue weighted by atomic mass is 16.5. The molecule has 1 N–H and O–H groups in total. The first-order chi connectivity index (χ1) is 13.1. The van der Waals surface area contributed by atoms with Crippen LogP contribution in [-0.4, -0.2) is 16.7 Å². The summed E-state index contributed by atoms with van der Waals surface area (Å²) in [6, 6.07) is 18.1. The Morgan fingerprint density at radius 3 is 2.44 bits per heavy atom. The molecule has 1 atom stereocenters. The van der Waals surface area contributed by atoms with Crippen molar-refractivity contribution in [2.45, 2.75) is 13.0 Å². The lowest BCUT2D eigenvalue weighted by Gasteiger charge is -2.17. The van der Waals surface area contributed by atoms with Gasteiger partial charge in [0.15, 0.2) is 6.10 Å². The minimum Gasteiger partial charge on any atom is -0.469 e. The third-order valence-electron chi connectivity index (χ3n) is 4.50. The number of aromatic nitrogens is 1. The molecule has 0 aliphatic rings. The Bertz CT molecular complexity index is 1110. The summed E-state index contributed by atoms with van der Waals surface area (Å²) in [6.45, 7) is 1.68. The van der Waals surface area contributed by atoms with Gasteiger partial charge in [-0.15, -0.1) is 0 Å². The van der Waals surface area contributed by atoms with Gasteiger partial charge in [-0.05, 0) is 19.1 Å². The first-order valence-electron chi connectivity index (χ1n) is 8.55. The second-order valence-corrected chi connectivity index (χ2v) is 6.20. The number of para-hydroxylation sites is 1. The molecule has 0 saturated heterocycles. The maximum Gasteiger partial charge on any atom is 0.342 e. The summed E-state index contributed by atoms with van der Waals surface area (Å²) in [4.78, 5) is 29.0. The van der Waals surface area contributed by atoms with Gasteiger partial charge in [-0.3, -0.25) is 4.79 Å². The van der Waals surface area contributed by atoms with Gasteiger partial charge in [-0.2, -0.15) is 0 Å². The van der Waals surface area contributed by atoms with Gasteiger partial charge in [0.2, 0.25) is 5.78 Å². The Morgan fingerprint density at radius 2 is 1.70 bits per heavy atom. The lowest BCUT2D eigenvalue weighted by atomic mass is 9.99. The normalized spacial score (nSPS) is 12.0. The standard InChI is InChI=1S/C22H17NO4/c1-14-16(11-12-26-14)22(25)27-21(15-7-3-2-4-8-15)20(24)18-13-23-19-10-6-5-9-17(18)19/h2-13,21,23H,1H3/t21-/m1/s1. The van der Waals surface area contributed by atoms with Crippen molar-refractivity contribution in [3.63, 3.8) is 0 Å². The number of fused-ring (bicyclic) bond motifs is 1. The number of carbonyl (C=O) groups is 2. The number of rotatable bonds is 5. The van der Waals surface area contributed by atoms with E-state index in [9.17, 15) is 9.59 Å². The van der Waals surface area contributed by atoms with Crippen molar-refractivity contribution < 1.29 is 18.7 Å². The van der Waals surface area contributed by atoms with Crippen molar-refractivity contribution in [3.8, 4) is 0 Å². The minimum atomic E-state index is -1.05. The largest absolute Gasteiger partial charge is 0.469 e. The van der Waals surface area contributed by atoms with Crippen LogP contribution in [0.2, 0.25) is 0 Å². The van der Waals surface area contributed by atoms with Crippen LogP contribution in [0.25, 0.3) is 10.9 Å². The quantitative estimate of drug-likeness (QED) is 0.408. The highest BCUT2D eigenvalue weighted by Gasteiger charge is 2.29. The number of benzene rings is 2. The van der Waals surface area contributed by atoms with Crippen molar-refractivity contribution in [1.29, 1.82) is 0 Å². The third-order valence-corrected chi connectivity index (χ3v) is 4.50. The van der Waals surface area contributed by atoms with Crippen LogP contribution in [0.1, 0.15) is 38.1 Å². The molecular formula is C22H17NO4. The number of aromatic amines is 1. The van der Waals surface area contributed by atoms with E-state index in [0.717, 1.165) is 10.9 Å². The molecule has 4 aromatic rings. The summed E-state index contributed by atoms with van der Waals surface area (Å²) in [6.07, 6.45) is 2.03. The molecule has 5 heteroatoms. The van der Waals surface area contributed by atoms with E-state index in [4.69, 9.17) is 9.15 Å². The van der Waals surface area contributed by atoms with Crippen LogP contribution in [0.5, 0.6) is 0 Å². The van der Waals surface area contributed by atoms with E-state index in [2.05, 4.69) is 4.98 Å². The average molecular weight is 359 g/mol. The predicted octanol–water partition coefficient (Wildman–Crippen LogP) is 4.85. The van der Waals surface area contributed by atoms with Crippen molar-refractivity contribution in [2.24, 2.45) is 0 Å². The number of carbonyl (C=O) groups excluding carboxylic acids is 2. The summed E-state index contributed by atoms with van der Waals surface area (Å²) in [5.74, 6) is -0.428. The summed E-state index contributed by atoms with van der Waals surface area (Å²) in [7, 11) is 0. The molecule has 0 saturated carbocycles. The highest BCUT2D eigenvalue weighted by molar-refractivity contribution is 6.11. The van der Waals surface area contributed by atoms with Gasteiger partial charge >= 0.3 is 5.97 Å². The molecule has 2 heterocycles. The monoisotopic (exact) mass is 359 g/mol. The zero-order valence-electron chi connectivity index (χ0n) is 14.6. The second kappa shape index (κ2) is 6.96. The number of aryl methyl sites for hydroxylation is 1. The van der Waals surface area contributed by atoms with Crippen molar-refractivity contribution in [3.05, 3.63) is 95.6 Å². The third kappa shape index (κ3) is 3.15. The molecule has 0 fully saturated rings. The van der Waals surface area contributed by atoms with E-state index in [-0.39, 0.29) is 5.78 Å². The van der Waals surface area contributed by atoms with Crippen LogP contribution in [-0.2, 0) is 4.74 Å². The fourth-order valence-corrected chi connectivity index (χ4v) is 3.08. The first kappa shape index (κ1) is 16.8. The second-order valence-electron chi connectivity index (χ2n) is 6.20. The van der Waals surface area contributed by atoms with Gasteiger partial charge in [-0.25, -0.2) is 4.79 Å². The van der Waals surface area contributed by atoms with E-state index in [1.807, 2.05) is 42.5 Å². The van der Waals surface area contributed by atoms with E-state index in [1.54, 1.807) is 25.3 Å². The van der Waals surface area contributed by atoms with Crippen molar-refractivity contribution in [2.75, 3.05) is 0 Å². The molecule has 0 unspecified atom stereocenters. The van der Waals surface area contributed by atoms with Crippen molar-refractivity contribution >= 4 is 22.7 Å². The van der Waals surface area contributed by atoms with E-state index in [0.29, 0.717) is 22.5 Å². The molecule has 27 heavy (non-hydrogen) atoms. The van der Waals surface area contributed by atoms with Crippen LogP contribution < -0.4 is 0 Å². The molecule has 0 aliphatic carbocycles. The lowest BCUT2D eigenvalue weighted by molar-refractivity contribution is 0.0279. The highest BCUT2D eigenvalue weighted by Crippen LogP contribution is 2.28. The zero-order valence-corrected chi connectivity index (χ0v) is 14.6. The maximum absolute atomic E-state index is 13.3. The zero-order chi connectivity index (χ0) is 18.8. The molecule has 2 aromatic carbocycles. The van der Waals surface area contributed by atoms with Gasteiger partial charge in [0.05, 0.1) is 6.26 Å². The van der Waals surface area contributed by atoms with Crippen molar-refractivity contribution in [1.82, 2.24) is 4.98 Å². The van der Waals surface area contributed by atoms with Crippen LogP contribution in [0, 0.1) is 6.92 Å². The van der Waals surface area contributed by atoms with Gasteiger partial charge < -0.3 is 14.1 Å². The van der Waals surface area contributed by atoms with Crippen LogP contribution in [0.4, 0.5) is 0 Å². The van der Waals surface area contributed by atoms with Gasteiger partial charge in [0, 0.05) is 28.2 Å². The van der Waals surface area contributed by atoms with Crippen LogP contribution in [0.15, 0.2) is 77.5 Å². The number of hydrogen-bond donors (Lipinski definition) is 1. The van der Waals surface area contributed by atoms with Gasteiger partial charge in [0.25, 0.3) is 0 Å². The molecule has 4 rings (SSSR count). The van der Waals surface area contributed by atoms with Gasteiger partial charge in [0.1, 0.15) is 11.3 Å². The molecule has 0 amide bonds. The van der Waals surface area contributed by atoms with E-state index >= 15 is 0 Å². The SMILES string of the molecule is Cc1occc1C(=O)O[C@@H](C(=O)c1c[nH]c2ccccc12)c1ccccc1. The Morgan fingerprint density at radius 1 is 0.963 bits per heavy atom. The molecule has 0 spiro atoms. The first-order valence-corrected chi connectivity index (χ1v) is 8.55. The number of H-pyrrole nitrogens is 1. The molecular weight excluding hydrogens is 342 g/mol. The number of ether oxygens (including phenoxy) is 1. The maximum atomic E-state index is 13.3. The Hall–Kier alpha value is -3.60. The van der Waals surface area contributed by atoms with Crippen LogP contribution >= 0.6 is 0 Å². The smallest absolute Gasteiger partial charge is 0.342 e.